The fourth-order valence-electron chi connectivity index (χ4n) is 2.17. The third-order valence-electron chi connectivity index (χ3n) is 3.49. The zero-order valence-electron chi connectivity index (χ0n) is 10.2. The third-order valence-corrected chi connectivity index (χ3v) is 3.49. The van der Waals surface area contributed by atoms with Gasteiger partial charge in [0.25, 0.3) is 5.92 Å². The molecule has 1 aliphatic carbocycles. The zero-order chi connectivity index (χ0) is 13.3. The highest BCUT2D eigenvalue weighted by Crippen LogP contribution is 2.49. The molecule has 1 aliphatic rings. The minimum absolute atomic E-state index is 0.00556. The molecule has 0 bridgehead atoms. The van der Waals surface area contributed by atoms with Gasteiger partial charge in [-0.05, 0) is 24.8 Å². The highest BCUT2D eigenvalue weighted by molar-refractivity contribution is 5.75. The summed E-state index contributed by atoms with van der Waals surface area (Å²) in [6.07, 6.45) is 1.59. The number of hydrogen-bond donors (Lipinski definition) is 1. The van der Waals surface area contributed by atoms with Gasteiger partial charge in [-0.2, -0.15) is 0 Å². The Balaban J connectivity index is 2.21. The lowest BCUT2D eigenvalue weighted by Crippen LogP contribution is -2.16. The summed E-state index contributed by atoms with van der Waals surface area (Å²) >= 11 is 0. The van der Waals surface area contributed by atoms with Crippen LogP contribution in [0.3, 0.4) is 0 Å². The van der Waals surface area contributed by atoms with Crippen molar-refractivity contribution < 1.29 is 18.7 Å². The molecule has 0 aromatic heterocycles. The Morgan fingerprint density at radius 2 is 1.94 bits per heavy atom. The van der Waals surface area contributed by atoms with Gasteiger partial charge < -0.3 is 5.11 Å². The predicted molar refractivity (Wildman–Crippen MR) is 63.7 cm³/mol. The molecule has 1 unspecified atom stereocenters. The maximum Gasteiger partial charge on any atom is 0.310 e. The van der Waals surface area contributed by atoms with Crippen molar-refractivity contribution in [2.45, 2.75) is 38.0 Å². The quantitative estimate of drug-likeness (QED) is 0.868. The van der Waals surface area contributed by atoms with Gasteiger partial charge in [0, 0.05) is 11.5 Å². The minimum Gasteiger partial charge on any atom is -0.481 e. The van der Waals surface area contributed by atoms with Crippen molar-refractivity contribution in [3.05, 3.63) is 35.4 Å². The summed E-state index contributed by atoms with van der Waals surface area (Å²) < 4.78 is 27.6. The molecule has 1 N–H and O–H groups in total. The molecule has 2 nitrogen and oxygen atoms in total. The first-order chi connectivity index (χ1) is 8.46. The van der Waals surface area contributed by atoms with E-state index in [0.29, 0.717) is 24.8 Å². The van der Waals surface area contributed by atoms with Crippen LogP contribution >= 0.6 is 0 Å². The van der Waals surface area contributed by atoms with E-state index in [-0.39, 0.29) is 5.56 Å². The van der Waals surface area contributed by atoms with Gasteiger partial charge in [0.15, 0.2) is 0 Å². The molecule has 0 aliphatic heterocycles. The van der Waals surface area contributed by atoms with Crippen molar-refractivity contribution in [1.29, 1.82) is 0 Å². The summed E-state index contributed by atoms with van der Waals surface area (Å²) in [6, 6.07) is 5.74. The number of rotatable bonds is 5. The van der Waals surface area contributed by atoms with Gasteiger partial charge in [0.1, 0.15) is 0 Å². The number of carboxylic acids is 1. The van der Waals surface area contributed by atoms with Crippen LogP contribution in [0.15, 0.2) is 24.3 Å². The molecule has 98 valence electrons. The van der Waals surface area contributed by atoms with Gasteiger partial charge in [0.05, 0.1) is 5.92 Å². The molecule has 4 heteroatoms. The Morgan fingerprint density at radius 1 is 1.39 bits per heavy atom. The van der Waals surface area contributed by atoms with Crippen LogP contribution in [0.4, 0.5) is 8.78 Å². The van der Waals surface area contributed by atoms with E-state index in [0.717, 1.165) is 0 Å². The highest BCUT2D eigenvalue weighted by Gasteiger charge is 2.47. The van der Waals surface area contributed by atoms with Crippen LogP contribution in [0.5, 0.6) is 0 Å². The van der Waals surface area contributed by atoms with Crippen LogP contribution in [0.1, 0.15) is 43.2 Å². The molecular weight excluding hydrogens is 238 g/mol. The zero-order valence-corrected chi connectivity index (χ0v) is 10.2. The third kappa shape index (κ3) is 2.37. The fraction of sp³-hybridized carbons (Fsp3) is 0.500. The van der Waals surface area contributed by atoms with Crippen molar-refractivity contribution in [2.24, 2.45) is 5.92 Å². The minimum atomic E-state index is -2.77. The van der Waals surface area contributed by atoms with E-state index < -0.39 is 23.7 Å². The van der Waals surface area contributed by atoms with E-state index in [4.69, 9.17) is 5.11 Å². The number of carbonyl (C=O) groups is 1. The Bertz CT molecular complexity index is 436. The van der Waals surface area contributed by atoms with Crippen molar-refractivity contribution >= 4 is 5.97 Å². The van der Waals surface area contributed by atoms with Crippen molar-refractivity contribution in [3.63, 3.8) is 0 Å². The van der Waals surface area contributed by atoms with E-state index in [1.54, 1.807) is 6.92 Å². The lowest BCUT2D eigenvalue weighted by Gasteiger charge is -2.17. The smallest absolute Gasteiger partial charge is 0.310 e. The number of carboxylic acid groups (broad SMARTS) is 1. The number of aliphatic carboxylic acids is 1. The van der Waals surface area contributed by atoms with Crippen molar-refractivity contribution in [2.75, 3.05) is 0 Å². The molecule has 0 amide bonds. The Morgan fingerprint density at radius 3 is 2.33 bits per heavy atom. The second-order valence-corrected chi connectivity index (χ2v) is 4.82. The summed E-state index contributed by atoms with van der Waals surface area (Å²) in [6.45, 7) is 1.77. The molecule has 1 aromatic carbocycles. The van der Waals surface area contributed by atoms with Gasteiger partial charge in [-0.25, -0.2) is 8.78 Å². The van der Waals surface area contributed by atoms with Crippen LogP contribution in [-0.4, -0.2) is 11.1 Å². The fourth-order valence-corrected chi connectivity index (χ4v) is 2.17. The highest BCUT2D eigenvalue weighted by atomic mass is 19.3. The summed E-state index contributed by atoms with van der Waals surface area (Å²) in [5, 5.41) is 9.01. The van der Waals surface area contributed by atoms with E-state index in [2.05, 4.69) is 0 Å². The van der Waals surface area contributed by atoms with Gasteiger partial charge in [-0.1, -0.05) is 31.2 Å². The van der Waals surface area contributed by atoms with Crippen LogP contribution < -0.4 is 0 Å². The van der Waals surface area contributed by atoms with E-state index in [1.807, 2.05) is 0 Å². The van der Waals surface area contributed by atoms with Crippen molar-refractivity contribution in [1.82, 2.24) is 0 Å². The Hall–Kier alpha value is -1.45. The average molecular weight is 254 g/mol. The molecule has 18 heavy (non-hydrogen) atoms. The Labute approximate surface area is 105 Å². The molecule has 2 rings (SSSR count). The second-order valence-electron chi connectivity index (χ2n) is 4.82. The van der Waals surface area contributed by atoms with E-state index in [1.165, 1.54) is 24.3 Å². The van der Waals surface area contributed by atoms with Crippen LogP contribution in [-0.2, 0) is 10.7 Å². The predicted octanol–water partition coefficient (Wildman–Crippen LogP) is 3.77. The maximum absolute atomic E-state index is 13.8. The average Bonchev–Trinajstić information content (AvgIpc) is 3.14. The van der Waals surface area contributed by atoms with Gasteiger partial charge in [-0.3, -0.25) is 4.79 Å². The molecule has 0 heterocycles. The standard InChI is InChI=1S/C14H16F2O2/c1-2-12(13(17)18)9-3-5-10(6-4-9)14(15,16)11-7-8-11/h3-6,11-12H,2,7-8H2,1H3,(H,17,18). The van der Waals surface area contributed by atoms with Gasteiger partial charge >= 0.3 is 5.97 Å². The largest absolute Gasteiger partial charge is 0.481 e. The first-order valence-corrected chi connectivity index (χ1v) is 6.17. The second kappa shape index (κ2) is 4.67. The summed E-state index contributed by atoms with van der Waals surface area (Å²) in [7, 11) is 0. The lowest BCUT2D eigenvalue weighted by atomic mass is 9.94. The van der Waals surface area contributed by atoms with Gasteiger partial charge in [0.2, 0.25) is 0 Å². The molecule has 0 spiro atoms. The molecule has 1 atom stereocenters. The van der Waals surface area contributed by atoms with Crippen LogP contribution in [0.25, 0.3) is 0 Å². The first kappa shape index (κ1) is 13.0. The maximum atomic E-state index is 13.8. The molecular formula is C14H16F2O2. The van der Waals surface area contributed by atoms with Crippen LogP contribution in [0.2, 0.25) is 0 Å². The molecule has 0 saturated heterocycles. The molecule has 1 fully saturated rings. The van der Waals surface area contributed by atoms with Crippen LogP contribution in [0, 0.1) is 5.92 Å². The van der Waals surface area contributed by atoms with E-state index in [9.17, 15) is 13.6 Å². The molecule has 1 saturated carbocycles. The topological polar surface area (TPSA) is 37.3 Å². The Kier molecular flexibility index (Phi) is 3.37. The molecule has 0 radical (unpaired) electrons. The van der Waals surface area contributed by atoms with Crippen molar-refractivity contribution in [3.8, 4) is 0 Å². The van der Waals surface area contributed by atoms with Gasteiger partial charge in [-0.15, -0.1) is 0 Å². The first-order valence-electron chi connectivity index (χ1n) is 6.17. The number of benzene rings is 1. The normalized spacial score (nSPS) is 17.5. The summed E-state index contributed by atoms with van der Waals surface area (Å²) in [5.41, 5.74) is 0.578. The lowest BCUT2D eigenvalue weighted by molar-refractivity contribution is -0.138. The number of hydrogen-bond acceptors (Lipinski definition) is 1. The SMILES string of the molecule is CCC(C(=O)O)c1ccc(C(F)(F)C2CC2)cc1. The number of halogens is 2. The number of alkyl halides is 2. The monoisotopic (exact) mass is 254 g/mol. The van der Waals surface area contributed by atoms with E-state index >= 15 is 0 Å². The summed E-state index contributed by atoms with van der Waals surface area (Å²) in [4.78, 5) is 11.0. The summed E-state index contributed by atoms with van der Waals surface area (Å²) in [5.74, 6) is -4.85. The molecule has 1 aromatic rings.